The lowest BCUT2D eigenvalue weighted by Crippen LogP contribution is -2.40. The Bertz CT molecular complexity index is 312. The van der Waals surface area contributed by atoms with E-state index in [1.54, 1.807) is 12.4 Å². The Morgan fingerprint density at radius 2 is 2.33 bits per heavy atom. The van der Waals surface area contributed by atoms with E-state index in [4.69, 9.17) is 5.11 Å². The second-order valence-corrected chi connectivity index (χ2v) is 3.80. The van der Waals surface area contributed by atoms with E-state index in [0.29, 0.717) is 6.54 Å². The zero-order chi connectivity index (χ0) is 11.3. The number of carboxylic acid groups (broad SMARTS) is 1. The highest BCUT2D eigenvalue weighted by Gasteiger charge is 2.20. The van der Waals surface area contributed by atoms with Crippen molar-refractivity contribution < 1.29 is 9.90 Å². The number of aliphatic carboxylic acids is 1. The Kier molecular flexibility index (Phi) is 4.24. The number of carboxylic acids is 1. The summed E-state index contributed by atoms with van der Waals surface area (Å²) in [5.74, 6) is -0.743. The molecule has 0 saturated carbocycles. The van der Waals surface area contributed by atoms with Gasteiger partial charge in [0.25, 0.3) is 0 Å². The highest BCUT2D eigenvalue weighted by molar-refractivity contribution is 5.73. The molecule has 1 heterocycles. The van der Waals surface area contributed by atoms with Crippen molar-refractivity contribution in [3.8, 4) is 0 Å². The highest BCUT2D eigenvalue weighted by Crippen LogP contribution is 2.03. The van der Waals surface area contributed by atoms with Gasteiger partial charge in [0.2, 0.25) is 0 Å². The van der Waals surface area contributed by atoms with Gasteiger partial charge in [-0.3, -0.25) is 9.78 Å². The number of carbonyl (C=O) groups is 1. The van der Waals surface area contributed by atoms with Gasteiger partial charge in [-0.2, -0.15) is 0 Å². The molecular weight excluding hydrogens is 192 g/mol. The number of pyridine rings is 1. The third-order valence-electron chi connectivity index (χ3n) is 2.18. The normalized spacial score (nSPS) is 12.7. The molecule has 1 rings (SSSR count). The Morgan fingerprint density at radius 1 is 1.60 bits per heavy atom. The molecule has 0 fully saturated rings. The van der Waals surface area contributed by atoms with E-state index in [0.717, 1.165) is 5.56 Å². The molecule has 0 amide bonds. The molecule has 0 aliphatic heterocycles. The standard InChI is InChI=1S/C11H16N2O2/c1-8(2)10(11(14)15)13-7-9-4-3-5-12-6-9/h3-6,8,10,13H,7H2,1-2H3,(H,14,15). The first-order chi connectivity index (χ1) is 7.11. The smallest absolute Gasteiger partial charge is 0.320 e. The molecule has 82 valence electrons. The van der Waals surface area contributed by atoms with E-state index in [-0.39, 0.29) is 5.92 Å². The first-order valence-electron chi connectivity index (χ1n) is 4.96. The summed E-state index contributed by atoms with van der Waals surface area (Å²) in [6, 6.07) is 3.24. The Balaban J connectivity index is 2.51. The van der Waals surface area contributed by atoms with Crippen LogP contribution in [0.4, 0.5) is 0 Å². The zero-order valence-electron chi connectivity index (χ0n) is 8.97. The fraction of sp³-hybridized carbons (Fsp3) is 0.455. The topological polar surface area (TPSA) is 62.2 Å². The monoisotopic (exact) mass is 208 g/mol. The summed E-state index contributed by atoms with van der Waals surface area (Å²) in [5.41, 5.74) is 0.990. The van der Waals surface area contributed by atoms with Gasteiger partial charge >= 0.3 is 5.97 Å². The van der Waals surface area contributed by atoms with E-state index < -0.39 is 12.0 Å². The molecule has 2 N–H and O–H groups in total. The molecular formula is C11H16N2O2. The van der Waals surface area contributed by atoms with Gasteiger partial charge in [-0.25, -0.2) is 0 Å². The molecule has 1 unspecified atom stereocenters. The van der Waals surface area contributed by atoms with Crippen LogP contribution in [0.15, 0.2) is 24.5 Å². The minimum atomic E-state index is -0.811. The molecule has 0 aliphatic carbocycles. The highest BCUT2D eigenvalue weighted by atomic mass is 16.4. The van der Waals surface area contributed by atoms with Crippen molar-refractivity contribution in [1.82, 2.24) is 10.3 Å². The Labute approximate surface area is 89.3 Å². The van der Waals surface area contributed by atoms with E-state index in [1.165, 1.54) is 0 Å². The second kappa shape index (κ2) is 5.46. The molecule has 0 radical (unpaired) electrons. The fourth-order valence-electron chi connectivity index (χ4n) is 1.34. The summed E-state index contributed by atoms with van der Waals surface area (Å²) >= 11 is 0. The van der Waals surface area contributed by atoms with Crippen LogP contribution in [-0.4, -0.2) is 22.1 Å². The fourth-order valence-corrected chi connectivity index (χ4v) is 1.34. The minimum Gasteiger partial charge on any atom is -0.480 e. The van der Waals surface area contributed by atoms with Crippen molar-refractivity contribution in [2.45, 2.75) is 26.4 Å². The van der Waals surface area contributed by atoms with Crippen molar-refractivity contribution in [2.24, 2.45) is 5.92 Å². The van der Waals surface area contributed by atoms with E-state index >= 15 is 0 Å². The summed E-state index contributed by atoms with van der Waals surface area (Å²) in [6.45, 7) is 4.30. The first-order valence-corrected chi connectivity index (χ1v) is 4.96. The molecule has 0 saturated heterocycles. The van der Waals surface area contributed by atoms with Crippen molar-refractivity contribution in [3.63, 3.8) is 0 Å². The molecule has 0 spiro atoms. The molecule has 0 aromatic carbocycles. The predicted octanol–water partition coefficient (Wildman–Crippen LogP) is 1.28. The average Bonchev–Trinajstić information content (AvgIpc) is 2.18. The molecule has 1 atom stereocenters. The molecule has 4 nitrogen and oxygen atoms in total. The van der Waals surface area contributed by atoms with Crippen molar-refractivity contribution in [1.29, 1.82) is 0 Å². The Hall–Kier alpha value is -1.42. The number of hydrogen-bond donors (Lipinski definition) is 2. The van der Waals surface area contributed by atoms with E-state index in [2.05, 4.69) is 10.3 Å². The largest absolute Gasteiger partial charge is 0.480 e. The quantitative estimate of drug-likeness (QED) is 0.765. The molecule has 1 aromatic heterocycles. The summed E-state index contributed by atoms with van der Waals surface area (Å²) in [4.78, 5) is 14.8. The minimum absolute atomic E-state index is 0.0687. The molecule has 15 heavy (non-hydrogen) atoms. The molecule has 0 aliphatic rings. The van der Waals surface area contributed by atoms with Crippen molar-refractivity contribution >= 4 is 5.97 Å². The van der Waals surface area contributed by atoms with Crippen LogP contribution in [0.5, 0.6) is 0 Å². The van der Waals surface area contributed by atoms with Crippen molar-refractivity contribution in [3.05, 3.63) is 30.1 Å². The number of aromatic nitrogens is 1. The number of nitrogens with one attached hydrogen (secondary N) is 1. The number of nitrogens with zero attached hydrogens (tertiary/aromatic N) is 1. The van der Waals surface area contributed by atoms with Gasteiger partial charge in [-0.15, -0.1) is 0 Å². The lowest BCUT2D eigenvalue weighted by atomic mass is 10.0. The van der Waals surface area contributed by atoms with Crippen LogP contribution < -0.4 is 5.32 Å². The first kappa shape index (κ1) is 11.7. The lowest BCUT2D eigenvalue weighted by Gasteiger charge is -2.17. The summed E-state index contributed by atoms with van der Waals surface area (Å²) < 4.78 is 0. The number of rotatable bonds is 5. The predicted molar refractivity (Wildman–Crippen MR) is 57.3 cm³/mol. The SMILES string of the molecule is CC(C)C(NCc1cccnc1)C(=O)O. The van der Waals surface area contributed by atoms with Crippen LogP contribution in [0.2, 0.25) is 0 Å². The van der Waals surface area contributed by atoms with Gasteiger partial charge in [0.15, 0.2) is 0 Å². The summed E-state index contributed by atoms with van der Waals surface area (Å²) in [6.07, 6.45) is 3.42. The van der Waals surface area contributed by atoms with Crippen LogP contribution in [-0.2, 0) is 11.3 Å². The van der Waals surface area contributed by atoms with Crippen LogP contribution >= 0.6 is 0 Å². The van der Waals surface area contributed by atoms with Crippen molar-refractivity contribution in [2.75, 3.05) is 0 Å². The maximum absolute atomic E-state index is 10.9. The Morgan fingerprint density at radius 3 is 2.80 bits per heavy atom. The molecule has 1 aromatic rings. The van der Waals surface area contributed by atoms with Crippen LogP contribution in [0.3, 0.4) is 0 Å². The molecule has 4 heteroatoms. The summed E-state index contributed by atoms with van der Waals surface area (Å²) in [5, 5.41) is 11.9. The van der Waals surface area contributed by atoms with Crippen LogP contribution in [0.1, 0.15) is 19.4 Å². The van der Waals surface area contributed by atoms with Gasteiger partial charge in [-0.05, 0) is 17.5 Å². The number of hydrogen-bond acceptors (Lipinski definition) is 3. The maximum Gasteiger partial charge on any atom is 0.320 e. The third-order valence-corrected chi connectivity index (χ3v) is 2.18. The van der Waals surface area contributed by atoms with Crippen LogP contribution in [0, 0.1) is 5.92 Å². The molecule has 0 bridgehead atoms. The van der Waals surface area contributed by atoms with Crippen LogP contribution in [0.25, 0.3) is 0 Å². The van der Waals surface area contributed by atoms with Gasteiger partial charge in [0.05, 0.1) is 0 Å². The second-order valence-electron chi connectivity index (χ2n) is 3.80. The van der Waals surface area contributed by atoms with E-state index in [9.17, 15) is 4.79 Å². The average molecular weight is 208 g/mol. The third kappa shape index (κ3) is 3.67. The van der Waals surface area contributed by atoms with Gasteiger partial charge in [-0.1, -0.05) is 19.9 Å². The summed E-state index contributed by atoms with van der Waals surface area (Å²) in [7, 11) is 0. The lowest BCUT2D eigenvalue weighted by molar-refractivity contribution is -0.140. The van der Waals surface area contributed by atoms with E-state index in [1.807, 2.05) is 26.0 Å². The van der Waals surface area contributed by atoms with Gasteiger partial charge in [0.1, 0.15) is 6.04 Å². The van der Waals surface area contributed by atoms with Gasteiger partial charge in [0, 0.05) is 18.9 Å². The maximum atomic E-state index is 10.9. The zero-order valence-corrected chi connectivity index (χ0v) is 8.97. The van der Waals surface area contributed by atoms with Gasteiger partial charge < -0.3 is 10.4 Å².